The zero-order valence-corrected chi connectivity index (χ0v) is 10.7. The summed E-state index contributed by atoms with van der Waals surface area (Å²) in [6.07, 6.45) is 2.40. The van der Waals surface area contributed by atoms with Crippen LogP contribution in [0.4, 0.5) is 5.88 Å². The topological polar surface area (TPSA) is 106 Å². The molecule has 0 aliphatic heterocycles. The average Bonchev–Trinajstić information content (AvgIpc) is 2.66. The van der Waals surface area contributed by atoms with Gasteiger partial charge in [0.1, 0.15) is 5.75 Å². The molecule has 3 N–H and O–H groups in total. The first kappa shape index (κ1) is 12.4. The first-order valence-corrected chi connectivity index (χ1v) is 6.94. The first-order chi connectivity index (χ1) is 8.30. The lowest BCUT2D eigenvalue weighted by Gasteiger charge is -2.09. The van der Waals surface area contributed by atoms with E-state index in [4.69, 9.17) is 10.3 Å². The Hall–Kier alpha value is -2.02. The molecule has 0 aliphatic carbocycles. The van der Waals surface area contributed by atoms with E-state index in [-0.39, 0.29) is 22.1 Å². The fraction of sp³-hybridized carbons (Fsp3) is 0.182. The van der Waals surface area contributed by atoms with E-state index in [1.807, 2.05) is 0 Å². The summed E-state index contributed by atoms with van der Waals surface area (Å²) < 4.78 is 28.2. The standard InChI is InChI=1S/C11H12N2O4S/c1-6-3-10(18(2,15)16)7(4-9(6)14)8-5-13-17-11(8)12/h3-5,14H,12H2,1-2H3. The Bertz CT molecular complexity index is 704. The van der Waals surface area contributed by atoms with Gasteiger partial charge >= 0.3 is 0 Å². The van der Waals surface area contributed by atoms with Crippen LogP contribution in [0.5, 0.6) is 5.75 Å². The number of benzene rings is 1. The van der Waals surface area contributed by atoms with Crippen molar-refractivity contribution in [3.8, 4) is 16.9 Å². The van der Waals surface area contributed by atoms with Crippen LogP contribution >= 0.6 is 0 Å². The van der Waals surface area contributed by atoms with Crippen molar-refractivity contribution in [1.82, 2.24) is 5.16 Å². The minimum Gasteiger partial charge on any atom is -0.508 e. The van der Waals surface area contributed by atoms with E-state index in [9.17, 15) is 13.5 Å². The molecule has 2 aromatic rings. The SMILES string of the molecule is Cc1cc(S(C)(=O)=O)c(-c2cnoc2N)cc1O. The zero-order chi connectivity index (χ0) is 13.5. The van der Waals surface area contributed by atoms with E-state index in [1.165, 1.54) is 18.3 Å². The summed E-state index contributed by atoms with van der Waals surface area (Å²) in [6.45, 7) is 1.62. The Balaban J connectivity index is 2.82. The van der Waals surface area contributed by atoms with Crippen molar-refractivity contribution in [3.05, 3.63) is 23.9 Å². The van der Waals surface area contributed by atoms with E-state index in [2.05, 4.69) is 5.16 Å². The molecule has 2 rings (SSSR count). The molecule has 0 spiro atoms. The van der Waals surface area contributed by atoms with Gasteiger partial charge in [0.15, 0.2) is 9.84 Å². The number of anilines is 1. The number of aromatic nitrogens is 1. The van der Waals surface area contributed by atoms with Crippen LogP contribution in [-0.2, 0) is 9.84 Å². The highest BCUT2D eigenvalue weighted by atomic mass is 32.2. The minimum atomic E-state index is -3.45. The number of aryl methyl sites for hydroxylation is 1. The van der Waals surface area contributed by atoms with Gasteiger partial charge in [0.25, 0.3) is 0 Å². The van der Waals surface area contributed by atoms with Gasteiger partial charge in [-0.2, -0.15) is 0 Å². The van der Waals surface area contributed by atoms with Crippen molar-refractivity contribution in [2.75, 3.05) is 12.0 Å². The predicted octanol–water partition coefficient (Wildman–Crippen LogP) is 1.34. The molecule has 0 radical (unpaired) electrons. The van der Waals surface area contributed by atoms with E-state index >= 15 is 0 Å². The normalized spacial score (nSPS) is 11.7. The Morgan fingerprint density at radius 3 is 2.50 bits per heavy atom. The molecule has 96 valence electrons. The number of sulfone groups is 1. The number of hydrogen-bond acceptors (Lipinski definition) is 6. The molecule has 0 amide bonds. The molecular weight excluding hydrogens is 256 g/mol. The molecule has 1 aromatic carbocycles. The Labute approximate surface area is 104 Å². The van der Waals surface area contributed by atoms with Crippen LogP contribution in [0.25, 0.3) is 11.1 Å². The van der Waals surface area contributed by atoms with Crippen molar-refractivity contribution in [1.29, 1.82) is 0 Å². The Morgan fingerprint density at radius 2 is 2.00 bits per heavy atom. The summed E-state index contributed by atoms with van der Waals surface area (Å²) in [5.74, 6) is -0.0128. The van der Waals surface area contributed by atoms with Gasteiger partial charge in [-0.3, -0.25) is 0 Å². The zero-order valence-electron chi connectivity index (χ0n) is 9.84. The van der Waals surface area contributed by atoms with Crippen LogP contribution in [0.3, 0.4) is 0 Å². The minimum absolute atomic E-state index is 0.00292. The number of hydrogen-bond donors (Lipinski definition) is 2. The smallest absolute Gasteiger partial charge is 0.229 e. The van der Waals surface area contributed by atoms with Crippen molar-refractivity contribution in [2.45, 2.75) is 11.8 Å². The second-order valence-electron chi connectivity index (χ2n) is 4.01. The highest BCUT2D eigenvalue weighted by Gasteiger charge is 2.20. The lowest BCUT2D eigenvalue weighted by molar-refractivity contribution is 0.436. The van der Waals surface area contributed by atoms with Crippen LogP contribution in [0.2, 0.25) is 0 Å². The van der Waals surface area contributed by atoms with E-state index in [0.29, 0.717) is 11.1 Å². The number of nitrogen functional groups attached to an aromatic ring is 1. The molecule has 0 unspecified atom stereocenters. The second kappa shape index (κ2) is 4.02. The number of aromatic hydroxyl groups is 1. The molecule has 7 heteroatoms. The molecular formula is C11H12N2O4S. The quantitative estimate of drug-likeness (QED) is 0.851. The second-order valence-corrected chi connectivity index (χ2v) is 5.99. The van der Waals surface area contributed by atoms with Crippen molar-refractivity contribution >= 4 is 15.7 Å². The highest BCUT2D eigenvalue weighted by Crippen LogP contribution is 2.35. The van der Waals surface area contributed by atoms with Crippen LogP contribution in [-0.4, -0.2) is 24.9 Å². The third kappa shape index (κ3) is 2.04. The van der Waals surface area contributed by atoms with Crippen LogP contribution in [0, 0.1) is 6.92 Å². The average molecular weight is 268 g/mol. The van der Waals surface area contributed by atoms with Crippen LogP contribution in [0.1, 0.15) is 5.56 Å². The molecule has 1 heterocycles. The van der Waals surface area contributed by atoms with E-state index in [0.717, 1.165) is 6.26 Å². The van der Waals surface area contributed by atoms with Crippen molar-refractivity contribution in [2.24, 2.45) is 0 Å². The summed E-state index contributed by atoms with van der Waals surface area (Å²) >= 11 is 0. The van der Waals surface area contributed by atoms with Gasteiger partial charge in [-0.15, -0.1) is 0 Å². The van der Waals surface area contributed by atoms with Crippen molar-refractivity contribution < 1.29 is 18.0 Å². The number of nitrogens with zero attached hydrogens (tertiary/aromatic N) is 1. The third-order valence-corrected chi connectivity index (χ3v) is 3.72. The lowest BCUT2D eigenvalue weighted by atomic mass is 10.1. The molecule has 1 aromatic heterocycles. The monoisotopic (exact) mass is 268 g/mol. The Kier molecular flexibility index (Phi) is 2.78. The van der Waals surface area contributed by atoms with Crippen LogP contribution in [0.15, 0.2) is 27.7 Å². The fourth-order valence-corrected chi connectivity index (χ4v) is 2.60. The van der Waals surface area contributed by atoms with E-state index in [1.54, 1.807) is 6.92 Å². The highest BCUT2D eigenvalue weighted by molar-refractivity contribution is 7.90. The van der Waals surface area contributed by atoms with Gasteiger partial charge in [-0.25, -0.2) is 8.42 Å². The molecule has 0 atom stereocenters. The maximum atomic E-state index is 11.8. The molecule has 0 saturated carbocycles. The molecule has 0 saturated heterocycles. The van der Waals surface area contributed by atoms with E-state index < -0.39 is 9.84 Å². The first-order valence-electron chi connectivity index (χ1n) is 5.05. The summed E-state index contributed by atoms with van der Waals surface area (Å²) in [5, 5.41) is 13.2. The maximum absolute atomic E-state index is 11.8. The molecule has 6 nitrogen and oxygen atoms in total. The lowest BCUT2D eigenvalue weighted by Crippen LogP contribution is -2.01. The van der Waals surface area contributed by atoms with Crippen molar-refractivity contribution in [3.63, 3.8) is 0 Å². The number of rotatable bonds is 2. The van der Waals surface area contributed by atoms with Gasteiger partial charge in [0.05, 0.1) is 16.7 Å². The number of phenols is 1. The fourth-order valence-electron chi connectivity index (χ4n) is 1.64. The summed E-state index contributed by atoms with van der Waals surface area (Å²) in [7, 11) is -3.45. The Morgan fingerprint density at radius 1 is 1.33 bits per heavy atom. The summed E-state index contributed by atoms with van der Waals surface area (Å²) in [4.78, 5) is 0.0766. The number of nitrogens with two attached hydrogens (primary N) is 1. The van der Waals surface area contributed by atoms with Gasteiger partial charge < -0.3 is 15.4 Å². The molecule has 0 fully saturated rings. The molecule has 18 heavy (non-hydrogen) atoms. The van der Waals surface area contributed by atoms with Gasteiger partial charge in [0, 0.05) is 11.8 Å². The largest absolute Gasteiger partial charge is 0.508 e. The number of phenolic OH excluding ortho intramolecular Hbond substituents is 1. The van der Waals surface area contributed by atoms with Gasteiger partial charge in [0.2, 0.25) is 5.88 Å². The molecule has 0 bridgehead atoms. The predicted molar refractivity (Wildman–Crippen MR) is 65.9 cm³/mol. The summed E-state index contributed by atoms with van der Waals surface area (Å²) in [5.41, 5.74) is 6.65. The molecule has 0 aliphatic rings. The van der Waals surface area contributed by atoms with Crippen LogP contribution < -0.4 is 5.73 Å². The van der Waals surface area contributed by atoms with Gasteiger partial charge in [-0.1, -0.05) is 5.16 Å². The third-order valence-electron chi connectivity index (χ3n) is 2.59. The maximum Gasteiger partial charge on any atom is 0.229 e. The van der Waals surface area contributed by atoms with Gasteiger partial charge in [-0.05, 0) is 24.6 Å². The summed E-state index contributed by atoms with van der Waals surface area (Å²) in [6, 6.07) is 2.74.